The Morgan fingerprint density at radius 2 is 1.26 bits per heavy atom. The van der Waals surface area contributed by atoms with Gasteiger partial charge in [0, 0.05) is 57.4 Å². The summed E-state index contributed by atoms with van der Waals surface area (Å²) in [5.41, 5.74) is 3.89. The van der Waals surface area contributed by atoms with Gasteiger partial charge in [0.1, 0.15) is 48.4 Å². The number of hydrogen-bond donors (Lipinski definition) is 2. The standard InChI is InChI=1S/2C16H18N6O.C6H9N/c2*1-11-8-22(13(23)2-5-17)16(11)4-7-21(9-16)15-12-3-6-18-14(12)19-10-20-15;1-5-3-6(2)7-4-5/h2*3,6,10-11H,2,4,7-9H2,1H3,(H,18,19,20);3H,4H2,1-2H3/t2*11-,16-;/m00./s1. The van der Waals surface area contributed by atoms with E-state index in [1.165, 1.54) is 5.57 Å². The minimum atomic E-state index is -0.151. The Morgan fingerprint density at radius 1 is 0.792 bits per heavy atom. The van der Waals surface area contributed by atoms with Gasteiger partial charge in [-0.05, 0) is 56.7 Å². The molecule has 15 nitrogen and oxygen atoms in total. The maximum atomic E-state index is 12.2. The lowest BCUT2D eigenvalue weighted by atomic mass is 9.74. The Kier molecular flexibility index (Phi) is 9.60. The zero-order valence-corrected chi connectivity index (χ0v) is 30.7. The van der Waals surface area contributed by atoms with Gasteiger partial charge in [-0.2, -0.15) is 10.5 Å². The molecule has 0 radical (unpaired) electrons. The number of aromatic nitrogens is 6. The SMILES string of the molecule is CC1=CC(C)=NC1.C[C@H]1CN(C(=O)CC#N)[C@]12CCN(c1ncnc3[nH]ccc13)C2.C[C@H]1CN(C(=O)CC#N)[C@]12CCN(c1ncnc3[nH]ccc13)C2. The van der Waals surface area contributed by atoms with Gasteiger partial charge in [-0.1, -0.05) is 19.4 Å². The maximum Gasteiger partial charge on any atom is 0.237 e. The van der Waals surface area contributed by atoms with Gasteiger partial charge in [0.15, 0.2) is 0 Å². The maximum absolute atomic E-state index is 12.2. The molecule has 0 unspecified atom stereocenters. The number of H-pyrrole nitrogens is 2. The molecule has 0 bridgehead atoms. The van der Waals surface area contributed by atoms with Crippen LogP contribution in [0.15, 0.2) is 53.8 Å². The highest BCUT2D eigenvalue weighted by Crippen LogP contribution is 2.46. The monoisotopic (exact) mass is 715 g/mol. The van der Waals surface area contributed by atoms with Crippen LogP contribution in [0, 0.1) is 34.5 Å². The number of aliphatic imine (C=N–C) groups is 1. The lowest BCUT2D eigenvalue weighted by molar-refractivity contribution is -0.153. The molecule has 9 heterocycles. The van der Waals surface area contributed by atoms with Crippen molar-refractivity contribution in [2.75, 3.05) is 55.6 Å². The molecule has 0 aliphatic carbocycles. The van der Waals surface area contributed by atoms with E-state index in [2.05, 4.69) is 71.5 Å². The lowest BCUT2D eigenvalue weighted by Crippen LogP contribution is -2.69. The topological polar surface area (TPSA) is 190 Å². The number of anilines is 2. The Hall–Kier alpha value is -5.83. The summed E-state index contributed by atoms with van der Waals surface area (Å²) in [4.78, 5) is 60.4. The van der Waals surface area contributed by atoms with Crippen LogP contribution in [0.3, 0.4) is 0 Å². The fourth-order valence-corrected chi connectivity index (χ4v) is 8.74. The van der Waals surface area contributed by atoms with E-state index < -0.39 is 0 Å². The number of likely N-dealkylation sites (tertiary alicyclic amines) is 2. The van der Waals surface area contributed by atoms with Crippen LogP contribution in [0.25, 0.3) is 22.1 Å². The van der Waals surface area contributed by atoms with Crippen LogP contribution in [0.2, 0.25) is 0 Å². The van der Waals surface area contributed by atoms with Crippen LogP contribution < -0.4 is 9.80 Å². The minimum Gasteiger partial charge on any atom is -0.353 e. The van der Waals surface area contributed by atoms with Crippen LogP contribution in [0.4, 0.5) is 11.6 Å². The normalized spacial score (nSPS) is 25.5. The summed E-state index contributed by atoms with van der Waals surface area (Å²) in [6.07, 6.45) is 10.7. The van der Waals surface area contributed by atoms with Crippen LogP contribution in [0.1, 0.15) is 53.4 Å². The van der Waals surface area contributed by atoms with Gasteiger partial charge in [-0.3, -0.25) is 14.6 Å². The van der Waals surface area contributed by atoms with Crippen molar-refractivity contribution < 1.29 is 9.59 Å². The van der Waals surface area contributed by atoms with Gasteiger partial charge < -0.3 is 29.6 Å². The summed E-state index contributed by atoms with van der Waals surface area (Å²) in [5, 5.41) is 19.6. The molecule has 2 amide bonds. The second-order valence-corrected chi connectivity index (χ2v) is 14.9. The number of hydrogen-bond acceptors (Lipinski definition) is 11. The van der Waals surface area contributed by atoms with Gasteiger partial charge in [-0.25, -0.2) is 19.9 Å². The third-order valence-corrected chi connectivity index (χ3v) is 11.7. The molecule has 2 spiro atoms. The van der Waals surface area contributed by atoms with Gasteiger partial charge in [0.25, 0.3) is 0 Å². The molecule has 15 heteroatoms. The number of nitriles is 2. The molecule has 4 saturated heterocycles. The molecule has 5 aliphatic rings. The van der Waals surface area contributed by atoms with E-state index in [4.69, 9.17) is 10.5 Å². The van der Waals surface area contributed by atoms with E-state index in [0.717, 1.165) is 98.1 Å². The van der Waals surface area contributed by atoms with E-state index in [1.54, 1.807) is 12.7 Å². The summed E-state index contributed by atoms with van der Waals surface area (Å²) >= 11 is 0. The Balaban J connectivity index is 0.000000139. The van der Waals surface area contributed by atoms with Crippen LogP contribution >= 0.6 is 0 Å². The second-order valence-electron chi connectivity index (χ2n) is 14.9. The number of carbonyl (C=O) groups excluding carboxylic acids is 2. The van der Waals surface area contributed by atoms with Crippen LogP contribution in [0.5, 0.6) is 0 Å². The molecule has 274 valence electrons. The molecule has 0 saturated carbocycles. The summed E-state index contributed by atoms with van der Waals surface area (Å²) in [7, 11) is 0. The first-order chi connectivity index (χ1) is 25.6. The van der Waals surface area contributed by atoms with Crippen molar-refractivity contribution in [1.29, 1.82) is 10.5 Å². The van der Waals surface area contributed by atoms with Crippen molar-refractivity contribution in [1.82, 2.24) is 39.7 Å². The van der Waals surface area contributed by atoms with Gasteiger partial charge in [0.05, 0.1) is 40.5 Å². The smallest absolute Gasteiger partial charge is 0.237 e. The lowest BCUT2D eigenvalue weighted by Gasteiger charge is -2.55. The summed E-state index contributed by atoms with van der Waals surface area (Å²) in [5.74, 6) is 2.61. The van der Waals surface area contributed by atoms with Crippen molar-refractivity contribution in [3.8, 4) is 12.1 Å². The molecule has 4 aromatic heterocycles. The zero-order valence-electron chi connectivity index (χ0n) is 30.7. The zero-order chi connectivity index (χ0) is 37.3. The van der Waals surface area contributed by atoms with Crippen molar-refractivity contribution in [2.24, 2.45) is 16.8 Å². The van der Waals surface area contributed by atoms with Crippen LogP contribution in [-0.4, -0.2) is 114 Å². The number of amides is 2. The van der Waals surface area contributed by atoms with Crippen molar-refractivity contribution >= 4 is 51.2 Å². The summed E-state index contributed by atoms with van der Waals surface area (Å²) in [6, 6.07) is 7.91. The molecule has 9 rings (SSSR count). The number of allylic oxidation sites excluding steroid dienone is 1. The van der Waals surface area contributed by atoms with Crippen LogP contribution in [-0.2, 0) is 9.59 Å². The van der Waals surface area contributed by atoms with Gasteiger partial charge >= 0.3 is 0 Å². The number of carbonyl (C=O) groups is 2. The number of rotatable bonds is 4. The molecule has 4 fully saturated rings. The van der Waals surface area contributed by atoms with Crippen molar-refractivity contribution in [3.05, 3.63) is 48.8 Å². The van der Waals surface area contributed by atoms with E-state index in [1.807, 2.05) is 53.4 Å². The quantitative estimate of drug-likeness (QED) is 0.312. The highest BCUT2D eigenvalue weighted by Gasteiger charge is 2.57. The molecule has 4 aromatic rings. The summed E-state index contributed by atoms with van der Waals surface area (Å²) < 4.78 is 0. The highest BCUT2D eigenvalue weighted by atomic mass is 16.2. The average Bonchev–Trinajstić information content (AvgIpc) is 4.00. The molecule has 2 N–H and O–H groups in total. The average molecular weight is 716 g/mol. The number of aromatic amines is 2. The van der Waals surface area contributed by atoms with Crippen molar-refractivity contribution in [3.63, 3.8) is 0 Å². The first-order valence-electron chi connectivity index (χ1n) is 18.2. The highest BCUT2D eigenvalue weighted by molar-refractivity contribution is 5.95. The third-order valence-electron chi connectivity index (χ3n) is 11.7. The summed E-state index contributed by atoms with van der Waals surface area (Å²) in [6.45, 7) is 14.2. The van der Waals surface area contributed by atoms with Gasteiger partial charge in [0.2, 0.25) is 11.8 Å². The predicted molar refractivity (Wildman–Crippen MR) is 201 cm³/mol. The number of nitrogens with one attached hydrogen (secondary N) is 2. The largest absolute Gasteiger partial charge is 0.353 e. The molecule has 5 aliphatic heterocycles. The molecule has 4 atom stereocenters. The number of nitrogens with zero attached hydrogens (tertiary/aromatic N) is 11. The molecule has 53 heavy (non-hydrogen) atoms. The van der Waals surface area contributed by atoms with E-state index in [9.17, 15) is 9.59 Å². The molecule has 0 aromatic carbocycles. The predicted octanol–water partition coefficient (Wildman–Crippen LogP) is 4.00. The van der Waals surface area contributed by atoms with Gasteiger partial charge in [-0.15, -0.1) is 0 Å². The third kappa shape index (κ3) is 6.34. The second kappa shape index (κ2) is 14.3. The fraction of sp³-hybridized carbons (Fsp3) is 0.500. The fourth-order valence-electron chi connectivity index (χ4n) is 8.74. The Labute approximate surface area is 308 Å². The number of fused-ring (bicyclic) bond motifs is 2. The van der Waals surface area contributed by atoms with E-state index in [-0.39, 0.29) is 35.7 Å². The van der Waals surface area contributed by atoms with E-state index >= 15 is 0 Å². The first kappa shape index (κ1) is 35.6. The van der Waals surface area contributed by atoms with Crippen molar-refractivity contribution in [2.45, 2.75) is 64.5 Å². The Morgan fingerprint density at radius 3 is 1.62 bits per heavy atom. The van der Waals surface area contributed by atoms with E-state index in [0.29, 0.717) is 11.8 Å². The minimum absolute atomic E-state index is 0.0377. The molecular weight excluding hydrogens is 671 g/mol. The molecular formula is C38H45N13O2. The Bertz CT molecular complexity index is 2040. The first-order valence-corrected chi connectivity index (χ1v) is 18.2.